The van der Waals surface area contributed by atoms with Gasteiger partial charge < -0.3 is 19.5 Å². The van der Waals surface area contributed by atoms with Crippen molar-refractivity contribution in [2.45, 2.75) is 19.8 Å². The van der Waals surface area contributed by atoms with Crippen LogP contribution in [0.4, 0.5) is 10.5 Å². The van der Waals surface area contributed by atoms with Gasteiger partial charge in [0.2, 0.25) is 0 Å². The summed E-state index contributed by atoms with van der Waals surface area (Å²) >= 11 is 0. The van der Waals surface area contributed by atoms with Crippen LogP contribution in [0.5, 0.6) is 11.5 Å². The van der Waals surface area contributed by atoms with E-state index in [1.165, 1.54) is 4.72 Å². The third kappa shape index (κ3) is 5.47. The smallest absolute Gasteiger partial charge is 0.419 e. The Hall–Kier alpha value is -2.79. The fourth-order valence-corrected chi connectivity index (χ4v) is 4.79. The van der Waals surface area contributed by atoms with E-state index in [1.807, 2.05) is 25.1 Å². The lowest BCUT2D eigenvalue weighted by atomic mass is 9.85. The molecule has 1 saturated heterocycles. The fraction of sp³-hybridized carbons (Fsp3) is 0.500. The predicted molar refractivity (Wildman–Crippen MR) is 117 cm³/mol. The van der Waals surface area contributed by atoms with Crippen LogP contribution in [0.15, 0.2) is 24.4 Å². The molecule has 31 heavy (non-hydrogen) atoms. The lowest BCUT2D eigenvalue weighted by Crippen LogP contribution is -2.43. The topological polar surface area (TPSA) is 130 Å². The third-order valence-corrected chi connectivity index (χ3v) is 6.72. The summed E-state index contributed by atoms with van der Waals surface area (Å²) in [6.45, 7) is 3.80. The maximum Gasteiger partial charge on any atom is 0.419 e. The van der Waals surface area contributed by atoms with Crippen molar-refractivity contribution in [3.8, 4) is 11.5 Å². The van der Waals surface area contributed by atoms with Gasteiger partial charge in [0.1, 0.15) is 0 Å². The van der Waals surface area contributed by atoms with Crippen molar-refractivity contribution in [2.24, 2.45) is 11.8 Å². The Morgan fingerprint density at radius 3 is 2.52 bits per heavy atom. The number of anilines is 1. The molecule has 0 spiro atoms. The molecule has 2 aromatic rings. The summed E-state index contributed by atoms with van der Waals surface area (Å²) in [6.07, 6.45) is 1.97. The van der Waals surface area contributed by atoms with Gasteiger partial charge in [-0.05, 0) is 36.8 Å². The Morgan fingerprint density at radius 2 is 1.90 bits per heavy atom. The van der Waals surface area contributed by atoms with Gasteiger partial charge in [0.15, 0.2) is 11.5 Å². The summed E-state index contributed by atoms with van der Waals surface area (Å²) in [7, 11) is -0.846. The van der Waals surface area contributed by atoms with E-state index < -0.39 is 16.3 Å². The summed E-state index contributed by atoms with van der Waals surface area (Å²) in [6, 6.07) is 5.79. The largest absolute Gasteiger partial charge is 0.493 e. The van der Waals surface area contributed by atoms with Crippen molar-refractivity contribution >= 4 is 32.9 Å². The number of carboxylic acid groups (broad SMARTS) is 1. The monoisotopic (exact) mass is 452 g/mol. The number of amides is 1. The van der Waals surface area contributed by atoms with E-state index in [2.05, 4.69) is 14.6 Å². The Morgan fingerprint density at radius 1 is 1.26 bits per heavy atom. The van der Waals surface area contributed by atoms with Crippen molar-refractivity contribution in [3.05, 3.63) is 24.4 Å². The van der Waals surface area contributed by atoms with E-state index in [0.717, 1.165) is 42.5 Å². The fourth-order valence-electron chi connectivity index (χ4n) is 4.00. The predicted octanol–water partition coefficient (Wildman–Crippen LogP) is 2.21. The Kier molecular flexibility index (Phi) is 7.06. The molecule has 170 valence electrons. The maximum absolute atomic E-state index is 11.7. The first-order valence-electron chi connectivity index (χ1n) is 10.00. The molecule has 0 bridgehead atoms. The van der Waals surface area contributed by atoms with E-state index in [-0.39, 0.29) is 12.5 Å². The molecule has 1 aromatic heterocycles. The van der Waals surface area contributed by atoms with E-state index in [4.69, 9.17) is 14.6 Å². The second-order valence-electron chi connectivity index (χ2n) is 7.62. The minimum atomic E-state index is -4.04. The Bertz CT molecular complexity index is 1040. The zero-order valence-electron chi connectivity index (χ0n) is 17.8. The standard InChI is InChI=1S/C20H28N4O6S/c1-13(12-22-31(27,28)23-20(25)26)14-5-8-24(9-6-14)17-4-7-21-16-11-19(30-3)18(29-2)10-15(16)17/h4,7,10-11,13-14,22-23H,5-6,8-9,12H2,1-3H3,(H,25,26). The van der Waals surface area contributed by atoms with Gasteiger partial charge in [-0.25, -0.2) is 9.52 Å². The molecule has 0 radical (unpaired) electrons. The van der Waals surface area contributed by atoms with Gasteiger partial charge in [-0.2, -0.15) is 13.1 Å². The number of nitrogens with zero attached hydrogens (tertiary/aromatic N) is 2. The van der Waals surface area contributed by atoms with Gasteiger partial charge in [-0.1, -0.05) is 6.92 Å². The van der Waals surface area contributed by atoms with Gasteiger partial charge in [0.05, 0.1) is 19.7 Å². The van der Waals surface area contributed by atoms with Crippen molar-refractivity contribution in [3.63, 3.8) is 0 Å². The summed E-state index contributed by atoms with van der Waals surface area (Å²) in [5, 5.41) is 9.57. The molecule has 1 unspecified atom stereocenters. The number of ether oxygens (including phenoxy) is 2. The first kappa shape index (κ1) is 22.9. The number of hydrogen-bond acceptors (Lipinski definition) is 7. The number of pyridine rings is 1. The van der Waals surface area contributed by atoms with Crippen LogP contribution < -0.4 is 23.8 Å². The molecule has 1 aromatic carbocycles. The molecular formula is C20H28N4O6S. The molecule has 3 N–H and O–H groups in total. The van der Waals surface area contributed by atoms with E-state index in [0.29, 0.717) is 17.4 Å². The van der Waals surface area contributed by atoms with Crippen LogP contribution >= 0.6 is 0 Å². The van der Waals surface area contributed by atoms with Gasteiger partial charge in [-0.3, -0.25) is 4.98 Å². The van der Waals surface area contributed by atoms with Crippen LogP contribution in [0.3, 0.4) is 0 Å². The van der Waals surface area contributed by atoms with E-state index >= 15 is 0 Å². The van der Waals surface area contributed by atoms with Crippen molar-refractivity contribution in [1.29, 1.82) is 0 Å². The number of carbonyl (C=O) groups is 1. The number of nitrogens with one attached hydrogen (secondary N) is 2. The lowest BCUT2D eigenvalue weighted by Gasteiger charge is -2.36. The summed E-state index contributed by atoms with van der Waals surface area (Å²) in [5.74, 6) is 1.68. The highest BCUT2D eigenvalue weighted by Gasteiger charge is 2.26. The minimum absolute atomic E-state index is 0.0751. The second-order valence-corrected chi connectivity index (χ2v) is 9.11. The number of fused-ring (bicyclic) bond motifs is 1. The number of methoxy groups -OCH3 is 2. The number of rotatable bonds is 8. The third-order valence-electron chi connectivity index (χ3n) is 5.73. The summed E-state index contributed by atoms with van der Waals surface area (Å²) in [4.78, 5) is 17.3. The molecule has 3 rings (SSSR count). The summed E-state index contributed by atoms with van der Waals surface area (Å²) < 4.78 is 37.9. The van der Waals surface area contributed by atoms with Gasteiger partial charge in [0, 0.05) is 43.0 Å². The number of benzene rings is 1. The normalized spacial score (nSPS) is 16.2. The molecule has 2 heterocycles. The molecule has 1 aliphatic rings. The zero-order valence-corrected chi connectivity index (χ0v) is 18.6. The SMILES string of the molecule is COc1cc2nccc(N3CCC(C(C)CNS(=O)(=O)NC(=O)O)CC3)c2cc1OC. The average molecular weight is 453 g/mol. The average Bonchev–Trinajstić information content (AvgIpc) is 2.75. The maximum atomic E-state index is 11.7. The quantitative estimate of drug-likeness (QED) is 0.556. The van der Waals surface area contributed by atoms with E-state index in [9.17, 15) is 13.2 Å². The van der Waals surface area contributed by atoms with Crippen molar-refractivity contribution in [2.75, 3.05) is 38.8 Å². The molecule has 11 heteroatoms. The molecule has 1 amide bonds. The van der Waals surface area contributed by atoms with Crippen molar-refractivity contribution < 1.29 is 27.8 Å². The Labute approximate surface area is 181 Å². The first-order chi connectivity index (χ1) is 14.7. The number of hydrogen-bond donors (Lipinski definition) is 3. The van der Waals surface area contributed by atoms with Crippen LogP contribution in [-0.4, -0.2) is 58.5 Å². The van der Waals surface area contributed by atoms with Crippen LogP contribution in [0.1, 0.15) is 19.8 Å². The van der Waals surface area contributed by atoms with Gasteiger partial charge in [-0.15, -0.1) is 0 Å². The second kappa shape index (κ2) is 9.56. The van der Waals surface area contributed by atoms with Crippen LogP contribution in [0, 0.1) is 11.8 Å². The number of aromatic nitrogens is 1. The highest BCUT2D eigenvalue weighted by atomic mass is 32.2. The molecule has 1 aliphatic heterocycles. The molecule has 0 aliphatic carbocycles. The van der Waals surface area contributed by atoms with Crippen molar-refractivity contribution in [1.82, 2.24) is 14.4 Å². The van der Waals surface area contributed by atoms with Crippen LogP contribution in [0.25, 0.3) is 10.9 Å². The van der Waals surface area contributed by atoms with Gasteiger partial charge >= 0.3 is 16.3 Å². The Balaban J connectivity index is 1.67. The molecule has 1 atom stereocenters. The lowest BCUT2D eigenvalue weighted by molar-refractivity contribution is 0.201. The molecular weight excluding hydrogens is 424 g/mol. The minimum Gasteiger partial charge on any atom is -0.493 e. The molecule has 1 fully saturated rings. The highest BCUT2D eigenvalue weighted by Crippen LogP contribution is 2.37. The summed E-state index contributed by atoms with van der Waals surface area (Å²) in [5.41, 5.74) is 1.90. The van der Waals surface area contributed by atoms with Gasteiger partial charge in [0.25, 0.3) is 0 Å². The number of piperidine rings is 1. The van der Waals surface area contributed by atoms with Crippen LogP contribution in [0.2, 0.25) is 0 Å². The zero-order chi connectivity index (χ0) is 22.6. The highest BCUT2D eigenvalue weighted by molar-refractivity contribution is 7.88. The van der Waals surface area contributed by atoms with E-state index in [1.54, 1.807) is 20.4 Å². The molecule has 10 nitrogen and oxygen atoms in total. The van der Waals surface area contributed by atoms with Crippen LogP contribution in [-0.2, 0) is 10.2 Å². The first-order valence-corrected chi connectivity index (χ1v) is 11.5. The molecule has 0 saturated carbocycles.